The molecule has 5 heteroatoms. The van der Waals surface area contributed by atoms with E-state index in [1.54, 1.807) is 21.0 Å². The van der Waals surface area contributed by atoms with Crippen LogP contribution in [-0.2, 0) is 4.79 Å². The average molecular weight is 319 g/mol. The van der Waals surface area contributed by atoms with Gasteiger partial charge in [-0.25, -0.2) is 0 Å². The van der Waals surface area contributed by atoms with Gasteiger partial charge in [0.1, 0.15) is 5.75 Å². The van der Waals surface area contributed by atoms with Crippen molar-refractivity contribution in [2.45, 2.75) is 18.7 Å². The van der Waals surface area contributed by atoms with E-state index in [9.17, 15) is 4.79 Å². The first-order valence-corrected chi connectivity index (χ1v) is 6.84. The second-order valence-corrected chi connectivity index (χ2v) is 6.21. The molecule has 0 aliphatic carbocycles. The van der Waals surface area contributed by atoms with Crippen LogP contribution in [0, 0.1) is 5.41 Å². The fourth-order valence-electron chi connectivity index (χ4n) is 1.08. The van der Waals surface area contributed by atoms with Gasteiger partial charge in [0.05, 0.1) is 17.4 Å². The van der Waals surface area contributed by atoms with Crippen molar-refractivity contribution < 1.29 is 14.6 Å². The summed E-state index contributed by atoms with van der Waals surface area (Å²) in [6.07, 6.45) is 0. The van der Waals surface area contributed by atoms with E-state index in [-0.39, 0.29) is 0 Å². The molecule has 0 aliphatic rings. The van der Waals surface area contributed by atoms with Crippen LogP contribution in [0.15, 0.2) is 27.6 Å². The minimum Gasteiger partial charge on any atom is -0.496 e. The largest absolute Gasteiger partial charge is 0.496 e. The third-order valence-corrected chi connectivity index (χ3v) is 4.28. The van der Waals surface area contributed by atoms with Gasteiger partial charge in [-0.2, -0.15) is 0 Å². The summed E-state index contributed by atoms with van der Waals surface area (Å²) in [6, 6.07) is 5.69. The molecule has 17 heavy (non-hydrogen) atoms. The fraction of sp³-hybridized carbons (Fsp3) is 0.417. The standard InChI is InChI=1S/C12H15BrO3S/c1-12(2,11(14)15)7-17-10-6-8(13)4-5-9(10)16-3/h4-6H,7H2,1-3H3,(H,14,15). The zero-order valence-electron chi connectivity index (χ0n) is 9.99. The predicted molar refractivity (Wildman–Crippen MR) is 72.8 cm³/mol. The molecule has 0 bridgehead atoms. The van der Waals surface area contributed by atoms with Gasteiger partial charge in [0.15, 0.2) is 0 Å². The fourth-order valence-corrected chi connectivity index (χ4v) is 2.74. The average Bonchev–Trinajstić information content (AvgIpc) is 2.26. The van der Waals surface area contributed by atoms with E-state index in [1.165, 1.54) is 11.8 Å². The van der Waals surface area contributed by atoms with Gasteiger partial charge in [0.25, 0.3) is 0 Å². The van der Waals surface area contributed by atoms with Gasteiger partial charge >= 0.3 is 5.97 Å². The van der Waals surface area contributed by atoms with Crippen LogP contribution in [0.4, 0.5) is 0 Å². The normalized spacial score (nSPS) is 11.3. The Morgan fingerprint density at radius 1 is 1.53 bits per heavy atom. The monoisotopic (exact) mass is 318 g/mol. The van der Waals surface area contributed by atoms with Gasteiger partial charge in [0, 0.05) is 10.2 Å². The lowest BCUT2D eigenvalue weighted by molar-refractivity contribution is -0.145. The molecule has 0 aliphatic heterocycles. The SMILES string of the molecule is COc1ccc(Br)cc1SCC(C)(C)C(=O)O. The van der Waals surface area contributed by atoms with E-state index in [0.29, 0.717) is 5.75 Å². The van der Waals surface area contributed by atoms with Crippen LogP contribution in [0.5, 0.6) is 5.75 Å². The first kappa shape index (κ1) is 14.4. The Morgan fingerprint density at radius 2 is 2.18 bits per heavy atom. The molecule has 1 aromatic carbocycles. The topological polar surface area (TPSA) is 46.5 Å². The lowest BCUT2D eigenvalue weighted by atomic mass is 9.97. The van der Waals surface area contributed by atoms with Crippen molar-refractivity contribution >= 4 is 33.7 Å². The van der Waals surface area contributed by atoms with Crippen LogP contribution in [0.1, 0.15) is 13.8 Å². The Bertz CT molecular complexity index is 418. The molecule has 94 valence electrons. The van der Waals surface area contributed by atoms with Gasteiger partial charge in [-0.3, -0.25) is 4.79 Å². The van der Waals surface area contributed by atoms with Crippen LogP contribution in [0.2, 0.25) is 0 Å². The van der Waals surface area contributed by atoms with Crippen molar-refractivity contribution in [1.82, 2.24) is 0 Å². The van der Waals surface area contributed by atoms with Gasteiger partial charge in [-0.1, -0.05) is 15.9 Å². The number of carbonyl (C=O) groups is 1. The maximum absolute atomic E-state index is 11.0. The number of hydrogen-bond acceptors (Lipinski definition) is 3. The minimum atomic E-state index is -0.793. The number of carboxylic acid groups (broad SMARTS) is 1. The number of halogens is 1. The molecule has 0 radical (unpaired) electrons. The summed E-state index contributed by atoms with van der Waals surface area (Å²) >= 11 is 4.87. The van der Waals surface area contributed by atoms with E-state index < -0.39 is 11.4 Å². The molecule has 1 rings (SSSR count). The van der Waals surface area contributed by atoms with E-state index in [4.69, 9.17) is 9.84 Å². The molecule has 3 nitrogen and oxygen atoms in total. The summed E-state index contributed by atoms with van der Waals surface area (Å²) in [5, 5.41) is 9.05. The number of carboxylic acids is 1. The van der Waals surface area contributed by atoms with Gasteiger partial charge < -0.3 is 9.84 Å². The Labute approximate surface area is 114 Å². The molecule has 0 saturated heterocycles. The highest BCUT2D eigenvalue weighted by Gasteiger charge is 2.27. The second-order valence-electron chi connectivity index (χ2n) is 4.27. The number of methoxy groups -OCH3 is 1. The lowest BCUT2D eigenvalue weighted by Gasteiger charge is -2.19. The number of aliphatic carboxylic acids is 1. The molecule has 0 amide bonds. The quantitative estimate of drug-likeness (QED) is 0.841. The molecular formula is C12H15BrO3S. The van der Waals surface area contributed by atoms with Crippen LogP contribution in [-0.4, -0.2) is 23.9 Å². The van der Waals surface area contributed by atoms with Crippen LogP contribution in [0.25, 0.3) is 0 Å². The van der Waals surface area contributed by atoms with Crippen LogP contribution >= 0.6 is 27.7 Å². The summed E-state index contributed by atoms with van der Waals surface area (Å²) in [5.41, 5.74) is -0.752. The van der Waals surface area contributed by atoms with Crippen molar-refractivity contribution in [3.8, 4) is 5.75 Å². The Kier molecular flexibility index (Phi) is 4.89. The Morgan fingerprint density at radius 3 is 2.71 bits per heavy atom. The lowest BCUT2D eigenvalue weighted by Crippen LogP contribution is -2.26. The summed E-state index contributed by atoms with van der Waals surface area (Å²) in [7, 11) is 1.61. The van der Waals surface area contributed by atoms with E-state index >= 15 is 0 Å². The highest BCUT2D eigenvalue weighted by Crippen LogP contribution is 2.35. The van der Waals surface area contributed by atoms with E-state index in [1.807, 2.05) is 18.2 Å². The van der Waals surface area contributed by atoms with Crippen LogP contribution in [0.3, 0.4) is 0 Å². The number of ether oxygens (including phenoxy) is 1. The highest BCUT2D eigenvalue weighted by molar-refractivity contribution is 9.10. The Hall–Kier alpha value is -0.680. The summed E-state index contributed by atoms with van der Waals surface area (Å²) < 4.78 is 6.19. The van der Waals surface area contributed by atoms with Crippen molar-refractivity contribution in [3.63, 3.8) is 0 Å². The first-order chi connectivity index (χ1) is 7.86. The zero-order valence-corrected chi connectivity index (χ0v) is 12.4. The van der Waals surface area contributed by atoms with Crippen molar-refractivity contribution in [2.24, 2.45) is 5.41 Å². The smallest absolute Gasteiger partial charge is 0.309 e. The first-order valence-electron chi connectivity index (χ1n) is 5.06. The Balaban J connectivity index is 2.81. The number of benzene rings is 1. The molecule has 0 atom stereocenters. The van der Waals surface area contributed by atoms with Gasteiger partial charge in [0.2, 0.25) is 0 Å². The van der Waals surface area contributed by atoms with Crippen LogP contribution < -0.4 is 4.74 Å². The molecule has 0 saturated carbocycles. The summed E-state index contributed by atoms with van der Waals surface area (Å²) in [6.45, 7) is 3.43. The van der Waals surface area contributed by atoms with Crippen molar-refractivity contribution in [3.05, 3.63) is 22.7 Å². The number of rotatable bonds is 5. The zero-order chi connectivity index (χ0) is 13.1. The molecular weight excluding hydrogens is 304 g/mol. The molecule has 0 heterocycles. The minimum absolute atomic E-state index is 0.495. The predicted octanol–water partition coefficient (Wildman–Crippen LogP) is 3.66. The van der Waals surface area contributed by atoms with Crippen molar-refractivity contribution in [2.75, 3.05) is 12.9 Å². The van der Waals surface area contributed by atoms with E-state index in [2.05, 4.69) is 15.9 Å². The molecule has 0 spiro atoms. The summed E-state index contributed by atoms with van der Waals surface area (Å²) in [4.78, 5) is 12.0. The van der Waals surface area contributed by atoms with Crippen molar-refractivity contribution in [1.29, 1.82) is 0 Å². The highest BCUT2D eigenvalue weighted by atomic mass is 79.9. The molecule has 0 unspecified atom stereocenters. The molecule has 0 fully saturated rings. The molecule has 1 aromatic rings. The third kappa shape index (κ3) is 3.92. The maximum Gasteiger partial charge on any atom is 0.309 e. The van der Waals surface area contributed by atoms with E-state index in [0.717, 1.165) is 15.1 Å². The molecule has 0 aromatic heterocycles. The summed E-state index contributed by atoms with van der Waals surface area (Å²) in [5.74, 6) is 0.466. The van der Waals surface area contributed by atoms with Gasteiger partial charge in [-0.05, 0) is 32.0 Å². The number of thioether (sulfide) groups is 1. The third-order valence-electron chi connectivity index (χ3n) is 2.29. The van der Waals surface area contributed by atoms with Gasteiger partial charge in [-0.15, -0.1) is 11.8 Å². The maximum atomic E-state index is 11.0. The number of hydrogen-bond donors (Lipinski definition) is 1. The second kappa shape index (κ2) is 5.78. The molecule has 1 N–H and O–H groups in total.